The molecule has 2 atom stereocenters. The maximum absolute atomic E-state index is 12.5. The third-order valence-corrected chi connectivity index (χ3v) is 6.20. The number of hydrogen-bond donors (Lipinski definition) is 2. The Morgan fingerprint density at radius 3 is 2.82 bits per heavy atom. The molecule has 5 rings (SSSR count). The first-order chi connectivity index (χ1) is 16.5. The van der Waals surface area contributed by atoms with E-state index in [4.69, 9.17) is 9.47 Å². The molecule has 0 saturated heterocycles. The van der Waals surface area contributed by atoms with Gasteiger partial charge in [0.1, 0.15) is 24.2 Å². The van der Waals surface area contributed by atoms with Crippen LogP contribution in [-0.2, 0) is 22.5 Å². The number of ether oxygens (including phenoxy) is 2. The normalized spacial score (nSPS) is 17.4. The van der Waals surface area contributed by atoms with E-state index >= 15 is 0 Å². The Balaban J connectivity index is 1.57. The molecule has 0 bridgehead atoms. The van der Waals surface area contributed by atoms with Gasteiger partial charge in [-0.1, -0.05) is 24.3 Å². The maximum atomic E-state index is 12.5. The summed E-state index contributed by atoms with van der Waals surface area (Å²) in [5.41, 5.74) is 4.72. The van der Waals surface area contributed by atoms with E-state index < -0.39 is 11.0 Å². The zero-order chi connectivity index (χ0) is 23.8. The highest BCUT2D eigenvalue weighted by Gasteiger charge is 2.34. The van der Waals surface area contributed by atoms with Crippen LogP contribution in [0.4, 0.5) is 5.69 Å². The Morgan fingerprint density at radius 2 is 2.09 bits per heavy atom. The standard InChI is InChI=1S/C24H23N5O5/c1-33-21-8-7-14(9-15(21)12-28-13-16(11-25-28)29(31)32)22-23-18(10-20(27-22)24(30)34-2)17-5-3-4-6-19(17)26-23/h3-9,11,13,20,22,26-27H,10,12H2,1-2H3/t20-,22-/m1/s1. The van der Waals surface area contributed by atoms with Crippen LogP contribution in [0.3, 0.4) is 0 Å². The number of benzene rings is 2. The Kier molecular flexibility index (Phi) is 5.50. The number of fused-ring (bicyclic) bond motifs is 3. The molecule has 2 aromatic carbocycles. The van der Waals surface area contributed by atoms with Gasteiger partial charge >= 0.3 is 11.7 Å². The maximum Gasteiger partial charge on any atom is 0.323 e. The predicted octanol–water partition coefficient (Wildman–Crippen LogP) is 3.11. The lowest BCUT2D eigenvalue weighted by Gasteiger charge is -2.30. The fourth-order valence-corrected chi connectivity index (χ4v) is 4.60. The Bertz CT molecular complexity index is 1390. The third-order valence-electron chi connectivity index (χ3n) is 6.20. The number of nitro groups is 1. The zero-order valence-corrected chi connectivity index (χ0v) is 18.6. The quantitative estimate of drug-likeness (QED) is 0.257. The molecule has 2 N–H and O–H groups in total. The van der Waals surface area contributed by atoms with Gasteiger partial charge in [-0.25, -0.2) is 0 Å². The van der Waals surface area contributed by atoms with Crippen LogP contribution in [0.1, 0.15) is 28.4 Å². The third kappa shape index (κ3) is 3.77. The summed E-state index contributed by atoms with van der Waals surface area (Å²) in [4.78, 5) is 26.6. The van der Waals surface area contributed by atoms with Gasteiger partial charge in [0, 0.05) is 28.6 Å². The van der Waals surface area contributed by atoms with Crippen LogP contribution in [0.2, 0.25) is 0 Å². The van der Waals surface area contributed by atoms with Gasteiger partial charge in [0.05, 0.1) is 31.7 Å². The van der Waals surface area contributed by atoms with Crippen molar-refractivity contribution < 1.29 is 19.2 Å². The Morgan fingerprint density at radius 1 is 1.26 bits per heavy atom. The summed E-state index contributed by atoms with van der Waals surface area (Å²) in [6.45, 7) is 0.289. The number of rotatable bonds is 6. The van der Waals surface area contributed by atoms with Crippen molar-refractivity contribution in [3.8, 4) is 5.75 Å². The number of aromatic amines is 1. The van der Waals surface area contributed by atoms with Gasteiger partial charge < -0.3 is 14.5 Å². The van der Waals surface area contributed by atoms with E-state index in [0.717, 1.165) is 33.3 Å². The van der Waals surface area contributed by atoms with E-state index in [0.29, 0.717) is 12.2 Å². The minimum Gasteiger partial charge on any atom is -0.496 e. The first-order valence-corrected chi connectivity index (χ1v) is 10.8. The molecule has 1 aliphatic heterocycles. The lowest BCUT2D eigenvalue weighted by Crippen LogP contribution is -2.45. The van der Waals surface area contributed by atoms with Crippen molar-refractivity contribution in [2.45, 2.75) is 25.0 Å². The smallest absolute Gasteiger partial charge is 0.323 e. The van der Waals surface area contributed by atoms with Crippen LogP contribution in [-0.4, -0.2) is 45.9 Å². The molecule has 34 heavy (non-hydrogen) atoms. The number of methoxy groups -OCH3 is 2. The Hall–Kier alpha value is -4.18. The van der Waals surface area contributed by atoms with Crippen molar-refractivity contribution in [2.75, 3.05) is 14.2 Å². The number of H-pyrrole nitrogens is 1. The van der Waals surface area contributed by atoms with Crippen molar-refractivity contribution >= 4 is 22.6 Å². The van der Waals surface area contributed by atoms with E-state index in [-0.39, 0.29) is 24.2 Å². The highest BCUT2D eigenvalue weighted by atomic mass is 16.6. The highest BCUT2D eigenvalue weighted by Crippen LogP contribution is 2.36. The number of nitrogens with one attached hydrogen (secondary N) is 2. The molecule has 0 aliphatic carbocycles. The Labute approximate surface area is 194 Å². The lowest BCUT2D eigenvalue weighted by molar-refractivity contribution is -0.385. The second kappa shape index (κ2) is 8.64. The summed E-state index contributed by atoms with van der Waals surface area (Å²) in [7, 11) is 2.96. The van der Waals surface area contributed by atoms with Crippen LogP contribution in [0, 0.1) is 10.1 Å². The van der Waals surface area contributed by atoms with E-state index in [1.54, 1.807) is 7.11 Å². The summed E-state index contributed by atoms with van der Waals surface area (Å²) >= 11 is 0. The average molecular weight is 461 g/mol. The van der Waals surface area contributed by atoms with E-state index in [9.17, 15) is 14.9 Å². The van der Waals surface area contributed by atoms with Crippen molar-refractivity contribution in [3.05, 3.63) is 87.4 Å². The largest absolute Gasteiger partial charge is 0.496 e. The molecule has 2 aromatic heterocycles. The monoisotopic (exact) mass is 461 g/mol. The van der Waals surface area contributed by atoms with Crippen molar-refractivity contribution in [3.63, 3.8) is 0 Å². The fraction of sp³-hybridized carbons (Fsp3) is 0.250. The molecule has 3 heterocycles. The predicted molar refractivity (Wildman–Crippen MR) is 124 cm³/mol. The number of carbonyl (C=O) groups excluding carboxylic acids is 1. The molecule has 0 saturated carbocycles. The van der Waals surface area contributed by atoms with Crippen molar-refractivity contribution in [1.82, 2.24) is 20.1 Å². The zero-order valence-electron chi connectivity index (χ0n) is 18.6. The number of esters is 1. The molecule has 0 fully saturated rings. The number of carbonyl (C=O) groups is 1. The molecular weight excluding hydrogens is 438 g/mol. The van der Waals surface area contributed by atoms with Crippen LogP contribution >= 0.6 is 0 Å². The van der Waals surface area contributed by atoms with Crippen LogP contribution in [0.15, 0.2) is 54.9 Å². The van der Waals surface area contributed by atoms with Gasteiger partial charge in [-0.3, -0.25) is 24.9 Å². The van der Waals surface area contributed by atoms with Gasteiger partial charge in [-0.05, 0) is 29.3 Å². The summed E-state index contributed by atoms with van der Waals surface area (Å²) in [5.74, 6) is 0.317. The molecule has 0 unspecified atom stereocenters. The fourth-order valence-electron chi connectivity index (χ4n) is 4.60. The second-order valence-corrected chi connectivity index (χ2v) is 8.17. The second-order valence-electron chi connectivity index (χ2n) is 8.17. The molecule has 0 amide bonds. The number of hydrogen-bond acceptors (Lipinski definition) is 7. The average Bonchev–Trinajstić information content (AvgIpc) is 3.47. The van der Waals surface area contributed by atoms with E-state index in [1.807, 2.05) is 42.5 Å². The topological polar surface area (TPSA) is 124 Å². The molecular formula is C24H23N5O5. The van der Waals surface area contributed by atoms with Crippen molar-refractivity contribution in [2.24, 2.45) is 0 Å². The SMILES string of the molecule is COC(=O)[C@H]1Cc2c([nH]c3ccccc23)[C@@H](c2ccc(OC)c(Cn3cc([N+](=O)[O-])cn3)c2)N1. The molecule has 0 spiro atoms. The van der Waals surface area contributed by atoms with Gasteiger partial charge in [0.25, 0.3) is 0 Å². The van der Waals surface area contributed by atoms with E-state index in [2.05, 4.69) is 15.4 Å². The van der Waals surface area contributed by atoms with Gasteiger partial charge in [-0.2, -0.15) is 5.10 Å². The molecule has 0 radical (unpaired) electrons. The summed E-state index contributed by atoms with van der Waals surface area (Å²) in [5, 5.41) is 19.6. The summed E-state index contributed by atoms with van der Waals surface area (Å²) in [6.07, 6.45) is 3.12. The lowest BCUT2D eigenvalue weighted by atomic mass is 9.89. The minimum atomic E-state index is -0.499. The van der Waals surface area contributed by atoms with Gasteiger partial charge in [0.15, 0.2) is 0 Å². The van der Waals surface area contributed by atoms with Crippen molar-refractivity contribution in [1.29, 1.82) is 0 Å². The van der Waals surface area contributed by atoms with E-state index in [1.165, 1.54) is 24.2 Å². The first-order valence-electron chi connectivity index (χ1n) is 10.8. The molecule has 10 heteroatoms. The number of aromatic nitrogens is 3. The van der Waals surface area contributed by atoms with Gasteiger partial charge in [0.2, 0.25) is 0 Å². The molecule has 1 aliphatic rings. The molecule has 4 aromatic rings. The first kappa shape index (κ1) is 21.7. The number of para-hydroxylation sites is 1. The van der Waals surface area contributed by atoms with Crippen LogP contribution in [0.25, 0.3) is 10.9 Å². The summed E-state index contributed by atoms with van der Waals surface area (Å²) in [6, 6.07) is 13.0. The minimum absolute atomic E-state index is 0.0762. The highest BCUT2D eigenvalue weighted by molar-refractivity contribution is 5.87. The molecule has 174 valence electrons. The van der Waals surface area contributed by atoms with Gasteiger partial charge in [-0.15, -0.1) is 0 Å². The van der Waals surface area contributed by atoms with Crippen LogP contribution in [0.5, 0.6) is 5.75 Å². The molecule has 10 nitrogen and oxygen atoms in total. The summed E-state index contributed by atoms with van der Waals surface area (Å²) < 4.78 is 12.1. The number of nitrogens with zero attached hydrogens (tertiary/aromatic N) is 3. The van der Waals surface area contributed by atoms with Crippen LogP contribution < -0.4 is 10.1 Å².